The largest absolute Gasteiger partial charge is 0.398 e. The molecule has 0 aliphatic carbocycles. The summed E-state index contributed by atoms with van der Waals surface area (Å²) in [7, 11) is 0. The third kappa shape index (κ3) is 1.92. The molecule has 0 aliphatic rings. The molecule has 5 heteroatoms. The lowest BCUT2D eigenvalue weighted by atomic mass is 10.1. The van der Waals surface area contributed by atoms with Gasteiger partial charge in [0.15, 0.2) is 0 Å². The second-order valence-electron chi connectivity index (χ2n) is 2.72. The fourth-order valence-electron chi connectivity index (χ4n) is 1.02. The van der Waals surface area contributed by atoms with E-state index in [0.717, 1.165) is 0 Å². The summed E-state index contributed by atoms with van der Waals surface area (Å²) in [6.45, 7) is 1.63. The van der Waals surface area contributed by atoms with Gasteiger partial charge in [-0.1, -0.05) is 0 Å². The van der Waals surface area contributed by atoms with E-state index in [1.807, 2.05) is 0 Å². The van der Waals surface area contributed by atoms with Crippen LogP contribution in [0.4, 0.5) is 14.5 Å². The molecular formula is C8H11F2N3. The summed E-state index contributed by atoms with van der Waals surface area (Å²) in [6.07, 6.45) is -2.60. The Kier molecular flexibility index (Phi) is 2.77. The van der Waals surface area contributed by atoms with Crippen LogP contribution in [-0.4, -0.2) is 4.98 Å². The minimum Gasteiger partial charge on any atom is -0.398 e. The first-order valence-corrected chi connectivity index (χ1v) is 3.80. The highest BCUT2D eigenvalue weighted by molar-refractivity contribution is 5.49. The van der Waals surface area contributed by atoms with Gasteiger partial charge in [-0.2, -0.15) is 0 Å². The molecule has 4 N–H and O–H groups in total. The number of hydrogen-bond acceptors (Lipinski definition) is 3. The third-order valence-electron chi connectivity index (χ3n) is 1.82. The number of aromatic nitrogens is 1. The average molecular weight is 187 g/mol. The quantitative estimate of drug-likeness (QED) is 0.734. The predicted octanol–water partition coefficient (Wildman–Crippen LogP) is 1.37. The van der Waals surface area contributed by atoms with E-state index < -0.39 is 6.43 Å². The van der Waals surface area contributed by atoms with Crippen molar-refractivity contribution in [3.8, 4) is 0 Å². The van der Waals surface area contributed by atoms with E-state index in [4.69, 9.17) is 11.5 Å². The molecule has 0 amide bonds. The van der Waals surface area contributed by atoms with Crippen LogP contribution in [0.15, 0.2) is 6.07 Å². The van der Waals surface area contributed by atoms with Gasteiger partial charge in [0.1, 0.15) is 5.69 Å². The van der Waals surface area contributed by atoms with Gasteiger partial charge in [0.05, 0.1) is 5.69 Å². The molecule has 13 heavy (non-hydrogen) atoms. The zero-order chi connectivity index (χ0) is 10.0. The number of hydrogen-bond donors (Lipinski definition) is 2. The molecule has 0 aromatic carbocycles. The zero-order valence-corrected chi connectivity index (χ0v) is 7.22. The Labute approximate surface area is 74.8 Å². The number of nitrogen functional groups attached to an aromatic ring is 1. The Morgan fingerprint density at radius 3 is 2.62 bits per heavy atom. The Hall–Kier alpha value is -1.23. The molecule has 1 aromatic rings. The van der Waals surface area contributed by atoms with Crippen LogP contribution < -0.4 is 11.5 Å². The molecule has 1 rings (SSSR count). The molecule has 0 saturated carbocycles. The lowest BCUT2D eigenvalue weighted by molar-refractivity contribution is 0.145. The average Bonchev–Trinajstić information content (AvgIpc) is 2.09. The van der Waals surface area contributed by atoms with E-state index in [9.17, 15) is 8.78 Å². The Balaban J connectivity index is 3.25. The summed E-state index contributed by atoms with van der Waals surface area (Å²) < 4.78 is 24.7. The van der Waals surface area contributed by atoms with Crippen LogP contribution in [0, 0.1) is 6.92 Å². The molecule has 0 spiro atoms. The van der Waals surface area contributed by atoms with Gasteiger partial charge in [0.25, 0.3) is 6.43 Å². The van der Waals surface area contributed by atoms with E-state index in [-0.39, 0.29) is 12.2 Å². The first kappa shape index (κ1) is 9.85. The third-order valence-corrected chi connectivity index (χ3v) is 1.82. The molecule has 0 radical (unpaired) electrons. The van der Waals surface area contributed by atoms with Crippen molar-refractivity contribution in [3.05, 3.63) is 23.0 Å². The molecule has 1 heterocycles. The van der Waals surface area contributed by atoms with Gasteiger partial charge in [0, 0.05) is 12.2 Å². The van der Waals surface area contributed by atoms with Gasteiger partial charge in [0.2, 0.25) is 0 Å². The summed E-state index contributed by atoms with van der Waals surface area (Å²) in [5.74, 6) is 0. The SMILES string of the molecule is Cc1c(N)cc(CN)nc1C(F)F. The molecule has 0 bridgehead atoms. The highest BCUT2D eigenvalue weighted by Crippen LogP contribution is 2.24. The van der Waals surface area contributed by atoms with Crippen molar-refractivity contribution in [1.82, 2.24) is 4.98 Å². The van der Waals surface area contributed by atoms with E-state index in [1.54, 1.807) is 0 Å². The zero-order valence-electron chi connectivity index (χ0n) is 7.22. The van der Waals surface area contributed by atoms with Crippen LogP contribution in [0.1, 0.15) is 23.4 Å². The lowest BCUT2D eigenvalue weighted by Gasteiger charge is -2.08. The van der Waals surface area contributed by atoms with E-state index in [0.29, 0.717) is 16.9 Å². The molecule has 3 nitrogen and oxygen atoms in total. The molecule has 1 aromatic heterocycles. The van der Waals surface area contributed by atoms with Crippen molar-refractivity contribution in [3.63, 3.8) is 0 Å². The Morgan fingerprint density at radius 2 is 2.15 bits per heavy atom. The Morgan fingerprint density at radius 1 is 1.54 bits per heavy atom. The number of nitrogens with two attached hydrogens (primary N) is 2. The smallest absolute Gasteiger partial charge is 0.280 e. The van der Waals surface area contributed by atoms with E-state index in [1.165, 1.54) is 13.0 Å². The number of nitrogens with zero attached hydrogens (tertiary/aromatic N) is 1. The molecular weight excluding hydrogens is 176 g/mol. The maximum Gasteiger partial charge on any atom is 0.280 e. The summed E-state index contributed by atoms with van der Waals surface area (Å²) in [5.41, 5.74) is 11.5. The second kappa shape index (κ2) is 3.66. The normalized spacial score (nSPS) is 10.8. The minimum atomic E-state index is -2.60. The van der Waals surface area contributed by atoms with Gasteiger partial charge in [-0.25, -0.2) is 8.78 Å². The maximum absolute atomic E-state index is 12.4. The van der Waals surface area contributed by atoms with Gasteiger partial charge < -0.3 is 11.5 Å². The monoisotopic (exact) mass is 187 g/mol. The lowest BCUT2D eigenvalue weighted by Crippen LogP contribution is -2.07. The molecule has 0 unspecified atom stereocenters. The van der Waals surface area contributed by atoms with Gasteiger partial charge in [-0.15, -0.1) is 0 Å². The number of pyridine rings is 1. The summed E-state index contributed by atoms with van der Waals surface area (Å²) in [6, 6.07) is 1.52. The maximum atomic E-state index is 12.4. The molecule has 0 saturated heterocycles. The van der Waals surface area contributed by atoms with Crippen LogP contribution >= 0.6 is 0 Å². The standard InChI is InChI=1S/C8H11F2N3/c1-4-6(12)2-5(3-11)13-7(4)8(9)10/h2,8H,3,11H2,1H3,(H2,12,13). The molecule has 72 valence electrons. The number of halogens is 2. The highest BCUT2D eigenvalue weighted by Gasteiger charge is 2.15. The van der Waals surface area contributed by atoms with Crippen molar-refractivity contribution < 1.29 is 8.78 Å². The fraction of sp³-hybridized carbons (Fsp3) is 0.375. The van der Waals surface area contributed by atoms with Gasteiger partial charge in [-0.3, -0.25) is 4.98 Å². The summed E-state index contributed by atoms with van der Waals surface area (Å²) in [4.78, 5) is 3.70. The summed E-state index contributed by atoms with van der Waals surface area (Å²) >= 11 is 0. The number of anilines is 1. The van der Waals surface area contributed by atoms with Crippen LogP contribution in [-0.2, 0) is 6.54 Å². The predicted molar refractivity (Wildman–Crippen MR) is 46.2 cm³/mol. The van der Waals surface area contributed by atoms with Crippen molar-refractivity contribution in [2.75, 3.05) is 5.73 Å². The van der Waals surface area contributed by atoms with E-state index in [2.05, 4.69) is 4.98 Å². The molecule has 0 fully saturated rings. The molecule has 0 atom stereocenters. The van der Waals surface area contributed by atoms with Crippen molar-refractivity contribution in [2.24, 2.45) is 5.73 Å². The van der Waals surface area contributed by atoms with E-state index >= 15 is 0 Å². The first-order valence-electron chi connectivity index (χ1n) is 3.80. The number of alkyl halides is 2. The van der Waals surface area contributed by atoms with Gasteiger partial charge in [-0.05, 0) is 18.6 Å². The second-order valence-corrected chi connectivity index (χ2v) is 2.72. The summed E-state index contributed by atoms with van der Waals surface area (Å²) in [5, 5.41) is 0. The highest BCUT2D eigenvalue weighted by atomic mass is 19.3. The van der Waals surface area contributed by atoms with Gasteiger partial charge >= 0.3 is 0 Å². The topological polar surface area (TPSA) is 64.9 Å². The minimum absolute atomic E-state index is 0.115. The van der Waals surface area contributed by atoms with Crippen molar-refractivity contribution in [2.45, 2.75) is 19.9 Å². The molecule has 0 aliphatic heterocycles. The Bertz CT molecular complexity index is 313. The number of rotatable bonds is 2. The van der Waals surface area contributed by atoms with Crippen LogP contribution in [0.25, 0.3) is 0 Å². The fourth-order valence-corrected chi connectivity index (χ4v) is 1.02. The van der Waals surface area contributed by atoms with Crippen molar-refractivity contribution in [1.29, 1.82) is 0 Å². The van der Waals surface area contributed by atoms with Crippen LogP contribution in [0.2, 0.25) is 0 Å². The van der Waals surface area contributed by atoms with Crippen LogP contribution in [0.5, 0.6) is 0 Å². The van der Waals surface area contributed by atoms with Crippen molar-refractivity contribution >= 4 is 5.69 Å². The first-order chi connectivity index (χ1) is 6.06. The van der Waals surface area contributed by atoms with Crippen LogP contribution in [0.3, 0.4) is 0 Å².